The molecule has 0 radical (unpaired) electrons. The third kappa shape index (κ3) is 4.44. The van der Waals surface area contributed by atoms with Gasteiger partial charge in [0.1, 0.15) is 0 Å². The lowest BCUT2D eigenvalue weighted by Gasteiger charge is -2.15. The quantitative estimate of drug-likeness (QED) is 0.288. The zero-order valence-electron chi connectivity index (χ0n) is 17.6. The van der Waals surface area contributed by atoms with Gasteiger partial charge < -0.3 is 4.98 Å². The van der Waals surface area contributed by atoms with E-state index in [0.717, 1.165) is 4.47 Å². The van der Waals surface area contributed by atoms with Crippen molar-refractivity contribution in [3.05, 3.63) is 55.5 Å². The monoisotopic (exact) mass is 489 g/mol. The maximum atomic E-state index is 13.1. The van der Waals surface area contributed by atoms with Crippen LogP contribution in [-0.2, 0) is 6.54 Å². The molecule has 0 aliphatic rings. The van der Waals surface area contributed by atoms with E-state index >= 15 is 0 Å². The van der Waals surface area contributed by atoms with Crippen molar-refractivity contribution in [2.45, 2.75) is 46.3 Å². The van der Waals surface area contributed by atoms with Gasteiger partial charge >= 0.3 is 0 Å². The molecule has 0 spiro atoms. The van der Waals surface area contributed by atoms with E-state index in [0.29, 0.717) is 45.1 Å². The minimum absolute atomic E-state index is 0.0684. The van der Waals surface area contributed by atoms with Gasteiger partial charge in [-0.15, -0.1) is 0 Å². The van der Waals surface area contributed by atoms with Crippen molar-refractivity contribution in [1.82, 2.24) is 14.5 Å². The standard InChI is InChI=1S/C22H24BrN3O3S/c1-11(2)9-26-21(29)16-8-15(23)6-7-17(16)25-22(26)30-10-18(28)20-12(3)19(14(5)27)13(4)24-20/h6-8,11,24H,9-10H2,1-5H3. The van der Waals surface area contributed by atoms with Crippen LogP contribution < -0.4 is 5.56 Å². The number of fused-ring (bicyclic) bond motifs is 1. The summed E-state index contributed by atoms with van der Waals surface area (Å²) < 4.78 is 2.46. The second-order valence-corrected chi connectivity index (χ2v) is 9.62. The van der Waals surface area contributed by atoms with Gasteiger partial charge in [0.2, 0.25) is 0 Å². The van der Waals surface area contributed by atoms with Crippen molar-refractivity contribution in [1.29, 1.82) is 0 Å². The van der Waals surface area contributed by atoms with Crippen LogP contribution in [0.5, 0.6) is 0 Å². The second-order valence-electron chi connectivity index (χ2n) is 7.76. The van der Waals surface area contributed by atoms with E-state index in [1.165, 1.54) is 18.7 Å². The van der Waals surface area contributed by atoms with Crippen LogP contribution >= 0.6 is 27.7 Å². The number of H-pyrrole nitrogens is 1. The Bertz CT molecular complexity index is 1210. The van der Waals surface area contributed by atoms with Gasteiger partial charge in [-0.25, -0.2) is 4.98 Å². The van der Waals surface area contributed by atoms with E-state index in [9.17, 15) is 14.4 Å². The van der Waals surface area contributed by atoms with Gasteiger partial charge in [0, 0.05) is 22.3 Å². The maximum Gasteiger partial charge on any atom is 0.262 e. The molecule has 30 heavy (non-hydrogen) atoms. The van der Waals surface area contributed by atoms with E-state index in [4.69, 9.17) is 0 Å². The zero-order valence-corrected chi connectivity index (χ0v) is 20.0. The minimum atomic E-state index is -0.130. The number of hydrogen-bond acceptors (Lipinski definition) is 5. The molecule has 0 saturated carbocycles. The fourth-order valence-electron chi connectivity index (χ4n) is 3.57. The van der Waals surface area contributed by atoms with Crippen molar-refractivity contribution in [2.75, 3.05) is 5.75 Å². The summed E-state index contributed by atoms with van der Waals surface area (Å²) in [4.78, 5) is 45.5. The number of benzene rings is 1. The van der Waals surface area contributed by atoms with Gasteiger partial charge in [-0.1, -0.05) is 41.5 Å². The van der Waals surface area contributed by atoms with Crippen molar-refractivity contribution >= 4 is 50.2 Å². The Labute approximate surface area is 187 Å². The van der Waals surface area contributed by atoms with Crippen molar-refractivity contribution in [3.8, 4) is 0 Å². The van der Waals surface area contributed by atoms with Crippen LogP contribution in [0.25, 0.3) is 10.9 Å². The van der Waals surface area contributed by atoms with Gasteiger partial charge in [0.15, 0.2) is 16.7 Å². The molecular weight excluding hydrogens is 466 g/mol. The molecule has 3 rings (SSSR count). The molecule has 0 saturated heterocycles. The van der Waals surface area contributed by atoms with Gasteiger partial charge in [0.25, 0.3) is 5.56 Å². The predicted octanol–water partition coefficient (Wildman–Crippen LogP) is 4.94. The molecule has 0 aliphatic carbocycles. The number of nitrogens with one attached hydrogen (secondary N) is 1. The van der Waals surface area contributed by atoms with Crippen LogP contribution in [0.3, 0.4) is 0 Å². The molecule has 158 valence electrons. The van der Waals surface area contributed by atoms with Crippen LogP contribution in [-0.4, -0.2) is 31.9 Å². The molecule has 1 aromatic carbocycles. The van der Waals surface area contributed by atoms with Gasteiger partial charge in [-0.2, -0.15) is 0 Å². The summed E-state index contributed by atoms with van der Waals surface area (Å²) in [5.74, 6) is 0.163. The maximum absolute atomic E-state index is 13.1. The summed E-state index contributed by atoms with van der Waals surface area (Å²) >= 11 is 4.65. The lowest BCUT2D eigenvalue weighted by Crippen LogP contribution is -2.26. The number of thioether (sulfide) groups is 1. The molecule has 0 unspecified atom stereocenters. The Balaban J connectivity index is 1.96. The number of aromatic nitrogens is 3. The third-order valence-corrected chi connectivity index (χ3v) is 6.30. The van der Waals surface area contributed by atoms with Gasteiger partial charge in [0.05, 0.1) is 22.3 Å². The zero-order chi connectivity index (χ0) is 22.2. The number of carbonyl (C=O) groups is 2. The Morgan fingerprint density at radius 2 is 1.97 bits per heavy atom. The van der Waals surface area contributed by atoms with Crippen LogP contribution in [0.4, 0.5) is 0 Å². The molecule has 1 N–H and O–H groups in total. The summed E-state index contributed by atoms with van der Waals surface area (Å²) in [7, 11) is 0. The van der Waals surface area contributed by atoms with Crippen molar-refractivity contribution < 1.29 is 9.59 Å². The lowest BCUT2D eigenvalue weighted by molar-refractivity contribution is 0.101. The fourth-order valence-corrected chi connectivity index (χ4v) is 4.81. The molecule has 8 heteroatoms. The number of ketones is 2. The number of hydrogen-bond donors (Lipinski definition) is 1. The predicted molar refractivity (Wildman–Crippen MR) is 124 cm³/mol. The molecule has 0 atom stereocenters. The van der Waals surface area contributed by atoms with Crippen molar-refractivity contribution in [2.24, 2.45) is 5.92 Å². The topological polar surface area (TPSA) is 84.8 Å². The minimum Gasteiger partial charge on any atom is -0.355 e. The first-order valence-electron chi connectivity index (χ1n) is 9.66. The highest BCUT2D eigenvalue weighted by molar-refractivity contribution is 9.10. The number of carbonyl (C=O) groups excluding carboxylic acids is 2. The number of aromatic amines is 1. The Kier molecular flexibility index (Phi) is 6.67. The molecule has 0 aliphatic heterocycles. The first-order valence-corrected chi connectivity index (χ1v) is 11.4. The van der Waals surface area contributed by atoms with E-state index in [1.807, 2.05) is 19.9 Å². The molecule has 2 aromatic heterocycles. The second kappa shape index (κ2) is 8.89. The van der Waals surface area contributed by atoms with Crippen LogP contribution in [0.2, 0.25) is 0 Å². The molecule has 3 aromatic rings. The Hall–Kier alpha value is -2.19. The first-order chi connectivity index (χ1) is 14.1. The number of aryl methyl sites for hydroxylation is 1. The van der Waals surface area contributed by atoms with Crippen LogP contribution in [0.1, 0.15) is 52.9 Å². The molecule has 6 nitrogen and oxygen atoms in total. The highest BCUT2D eigenvalue weighted by atomic mass is 79.9. The smallest absolute Gasteiger partial charge is 0.262 e. The molecule has 2 heterocycles. The average Bonchev–Trinajstić information content (AvgIpc) is 2.97. The summed E-state index contributed by atoms with van der Waals surface area (Å²) in [5.41, 5.74) is 2.85. The van der Waals surface area contributed by atoms with Crippen LogP contribution in [0.15, 0.2) is 32.6 Å². The van der Waals surface area contributed by atoms with Gasteiger partial charge in [-0.3, -0.25) is 19.0 Å². The Morgan fingerprint density at radius 3 is 2.57 bits per heavy atom. The fraction of sp³-hybridized carbons (Fsp3) is 0.364. The number of Topliss-reactive ketones (excluding diaryl/α,β-unsaturated/α-hetero) is 2. The average molecular weight is 490 g/mol. The number of halogens is 1. The normalized spacial score (nSPS) is 11.4. The summed E-state index contributed by atoms with van der Waals surface area (Å²) in [6.45, 7) is 9.64. The highest BCUT2D eigenvalue weighted by Gasteiger charge is 2.21. The molecule has 0 amide bonds. The van der Waals surface area contributed by atoms with Crippen molar-refractivity contribution in [3.63, 3.8) is 0 Å². The SMILES string of the molecule is CC(=O)c1c(C)[nH]c(C(=O)CSc2nc3ccc(Br)cc3c(=O)n2CC(C)C)c1C. The van der Waals surface area contributed by atoms with E-state index < -0.39 is 0 Å². The van der Waals surface area contributed by atoms with Crippen LogP contribution in [0, 0.1) is 19.8 Å². The summed E-state index contributed by atoms with van der Waals surface area (Å²) in [6.07, 6.45) is 0. The Morgan fingerprint density at radius 1 is 1.27 bits per heavy atom. The molecule has 0 bridgehead atoms. The van der Waals surface area contributed by atoms with Gasteiger partial charge in [-0.05, 0) is 50.5 Å². The number of rotatable bonds is 7. The van der Waals surface area contributed by atoms with E-state index in [2.05, 4.69) is 25.9 Å². The van der Waals surface area contributed by atoms with E-state index in [-0.39, 0.29) is 28.8 Å². The highest BCUT2D eigenvalue weighted by Crippen LogP contribution is 2.24. The molecular formula is C22H24BrN3O3S. The van der Waals surface area contributed by atoms with E-state index in [1.54, 1.807) is 30.5 Å². The largest absolute Gasteiger partial charge is 0.355 e. The first kappa shape index (κ1) is 22.5. The number of nitrogens with zero attached hydrogens (tertiary/aromatic N) is 2. The summed E-state index contributed by atoms with van der Waals surface area (Å²) in [6, 6.07) is 5.41. The summed E-state index contributed by atoms with van der Waals surface area (Å²) in [5, 5.41) is 1.06. The molecule has 0 fully saturated rings. The lowest BCUT2D eigenvalue weighted by atomic mass is 10.1. The third-order valence-electron chi connectivity index (χ3n) is 4.83.